The number of aromatic nitrogens is 1. The first-order valence-electron chi connectivity index (χ1n) is 7.79. The lowest BCUT2D eigenvalue weighted by molar-refractivity contribution is 0.133. The van der Waals surface area contributed by atoms with Crippen LogP contribution in [0.5, 0.6) is 5.75 Å². The third-order valence-electron chi connectivity index (χ3n) is 3.76. The molecule has 1 fully saturated rings. The topological polar surface area (TPSA) is 66.5 Å². The van der Waals surface area contributed by atoms with Crippen molar-refractivity contribution in [3.05, 3.63) is 54.6 Å². The Kier molecular flexibility index (Phi) is 9.12. The van der Waals surface area contributed by atoms with Crippen molar-refractivity contribution in [2.24, 2.45) is 0 Å². The number of anilines is 1. The highest BCUT2D eigenvalue weighted by Gasteiger charge is 2.27. The number of carbonyl (C=O) groups is 1. The van der Waals surface area contributed by atoms with Crippen molar-refractivity contribution < 1.29 is 13.9 Å². The molecule has 2 N–H and O–H groups in total. The van der Waals surface area contributed by atoms with Crippen molar-refractivity contribution in [1.29, 1.82) is 0 Å². The molecule has 1 atom stereocenters. The minimum Gasteiger partial charge on any atom is -0.490 e. The third kappa shape index (κ3) is 6.01. The summed E-state index contributed by atoms with van der Waals surface area (Å²) in [5.74, 6) is 0.276. The number of carbonyl (C=O) groups excluding carboxylic acids is 1. The number of pyridine rings is 1. The number of hydrogen-bond acceptors (Lipinski definition) is 4. The minimum absolute atomic E-state index is 0. The summed E-state index contributed by atoms with van der Waals surface area (Å²) in [4.78, 5) is 18.2. The van der Waals surface area contributed by atoms with Gasteiger partial charge in [0.25, 0.3) is 0 Å². The number of halogens is 3. The van der Waals surface area contributed by atoms with Crippen LogP contribution in [0.1, 0.15) is 0 Å². The van der Waals surface area contributed by atoms with Gasteiger partial charge in [0.2, 0.25) is 0 Å². The SMILES string of the molecule is Cl.Cl.O=C(Nc1cccc(F)c1)N1CCNCC1COc1cccnc1. The van der Waals surface area contributed by atoms with Gasteiger partial charge in [-0.3, -0.25) is 4.98 Å². The van der Waals surface area contributed by atoms with Gasteiger partial charge in [-0.15, -0.1) is 24.8 Å². The van der Waals surface area contributed by atoms with Crippen LogP contribution in [0.25, 0.3) is 0 Å². The van der Waals surface area contributed by atoms with E-state index in [0.717, 1.165) is 0 Å². The molecule has 26 heavy (non-hydrogen) atoms. The zero-order valence-electron chi connectivity index (χ0n) is 13.9. The maximum atomic E-state index is 13.2. The predicted molar refractivity (Wildman–Crippen MR) is 103 cm³/mol. The van der Waals surface area contributed by atoms with Gasteiger partial charge >= 0.3 is 6.03 Å². The van der Waals surface area contributed by atoms with Gasteiger partial charge in [0.05, 0.1) is 12.2 Å². The fourth-order valence-corrected chi connectivity index (χ4v) is 2.56. The van der Waals surface area contributed by atoms with Gasteiger partial charge in [0.15, 0.2) is 0 Å². The Morgan fingerprint density at radius 3 is 2.92 bits per heavy atom. The number of rotatable bonds is 4. The van der Waals surface area contributed by atoms with Gasteiger partial charge in [-0.25, -0.2) is 9.18 Å². The van der Waals surface area contributed by atoms with Crippen LogP contribution in [0.4, 0.5) is 14.9 Å². The Balaban J connectivity index is 0.00000169. The number of ether oxygens (including phenoxy) is 1. The molecule has 2 heterocycles. The Morgan fingerprint density at radius 1 is 1.35 bits per heavy atom. The molecule has 3 rings (SSSR count). The molecule has 2 aromatic rings. The first kappa shape index (κ1) is 22.0. The molecular weight excluding hydrogens is 382 g/mol. The first-order chi connectivity index (χ1) is 11.7. The molecule has 1 unspecified atom stereocenters. The molecule has 9 heteroatoms. The van der Waals surface area contributed by atoms with Gasteiger partial charge in [-0.1, -0.05) is 6.07 Å². The van der Waals surface area contributed by atoms with E-state index in [1.165, 1.54) is 12.1 Å². The number of hydrogen-bond donors (Lipinski definition) is 2. The average Bonchev–Trinajstić information content (AvgIpc) is 2.61. The standard InChI is InChI=1S/C17H19FN4O2.2ClH/c18-13-3-1-4-14(9-13)21-17(23)22-8-7-20-10-15(22)12-24-16-5-2-6-19-11-16;;/h1-6,9,11,15,20H,7-8,10,12H2,(H,21,23);2*1H. The van der Waals surface area contributed by atoms with E-state index in [1.54, 1.807) is 35.5 Å². The summed E-state index contributed by atoms with van der Waals surface area (Å²) in [6, 6.07) is 9.08. The van der Waals surface area contributed by atoms with Crippen LogP contribution in [-0.4, -0.2) is 48.2 Å². The summed E-state index contributed by atoms with van der Waals surface area (Å²) < 4.78 is 19.0. The molecule has 0 bridgehead atoms. The van der Waals surface area contributed by atoms with Gasteiger partial charge < -0.3 is 20.3 Å². The number of nitrogens with one attached hydrogen (secondary N) is 2. The van der Waals surface area contributed by atoms with E-state index in [1.807, 2.05) is 6.07 Å². The van der Waals surface area contributed by atoms with Crippen LogP contribution >= 0.6 is 24.8 Å². The lowest BCUT2D eigenvalue weighted by Gasteiger charge is -2.35. The predicted octanol–water partition coefficient (Wildman–Crippen LogP) is 2.95. The molecule has 1 saturated heterocycles. The highest BCUT2D eigenvalue weighted by Crippen LogP contribution is 2.14. The molecule has 1 aliphatic rings. The number of benzene rings is 1. The lowest BCUT2D eigenvalue weighted by Crippen LogP contribution is -2.57. The molecule has 1 aliphatic heterocycles. The minimum atomic E-state index is -0.385. The monoisotopic (exact) mass is 402 g/mol. The molecule has 0 spiro atoms. The molecule has 2 amide bonds. The fraction of sp³-hybridized carbons (Fsp3) is 0.294. The number of amides is 2. The number of piperazine rings is 1. The molecule has 0 saturated carbocycles. The lowest BCUT2D eigenvalue weighted by atomic mass is 10.2. The number of urea groups is 1. The Morgan fingerprint density at radius 2 is 2.19 bits per heavy atom. The Bertz CT molecular complexity index is 693. The van der Waals surface area contributed by atoms with Gasteiger partial charge in [0, 0.05) is 31.5 Å². The summed E-state index contributed by atoms with van der Waals surface area (Å²) in [6.45, 7) is 2.26. The van der Waals surface area contributed by atoms with Crippen molar-refractivity contribution in [2.75, 3.05) is 31.6 Å². The van der Waals surface area contributed by atoms with Crippen LogP contribution in [0, 0.1) is 5.82 Å². The van der Waals surface area contributed by atoms with E-state index in [9.17, 15) is 9.18 Å². The van der Waals surface area contributed by atoms with E-state index in [0.29, 0.717) is 37.7 Å². The zero-order valence-corrected chi connectivity index (χ0v) is 15.6. The number of nitrogens with zero attached hydrogens (tertiary/aromatic N) is 2. The largest absolute Gasteiger partial charge is 0.490 e. The van der Waals surface area contributed by atoms with Crippen molar-refractivity contribution in [1.82, 2.24) is 15.2 Å². The van der Waals surface area contributed by atoms with E-state index >= 15 is 0 Å². The summed E-state index contributed by atoms with van der Waals surface area (Å²) >= 11 is 0. The highest BCUT2D eigenvalue weighted by atomic mass is 35.5. The molecular formula is C17H21Cl2FN4O2. The van der Waals surface area contributed by atoms with Crippen molar-refractivity contribution in [3.63, 3.8) is 0 Å². The van der Waals surface area contributed by atoms with E-state index < -0.39 is 0 Å². The molecule has 1 aromatic carbocycles. The second-order valence-corrected chi connectivity index (χ2v) is 5.49. The fourth-order valence-electron chi connectivity index (χ4n) is 2.56. The van der Waals surface area contributed by atoms with Crippen molar-refractivity contribution >= 4 is 36.5 Å². The van der Waals surface area contributed by atoms with Gasteiger partial charge in [-0.2, -0.15) is 0 Å². The molecule has 0 radical (unpaired) electrons. The summed E-state index contributed by atoms with van der Waals surface area (Å²) in [6.07, 6.45) is 3.31. The second kappa shape index (κ2) is 10.8. The summed E-state index contributed by atoms with van der Waals surface area (Å²) in [5.41, 5.74) is 0.436. The zero-order chi connectivity index (χ0) is 16.8. The smallest absolute Gasteiger partial charge is 0.322 e. The highest BCUT2D eigenvalue weighted by molar-refractivity contribution is 5.89. The van der Waals surface area contributed by atoms with Gasteiger partial charge in [0.1, 0.15) is 18.2 Å². The normalized spacial score (nSPS) is 16.0. The Labute approximate surface area is 163 Å². The van der Waals surface area contributed by atoms with Crippen LogP contribution in [0.2, 0.25) is 0 Å². The van der Waals surface area contributed by atoms with Crippen LogP contribution in [-0.2, 0) is 0 Å². The average molecular weight is 403 g/mol. The first-order valence-corrected chi connectivity index (χ1v) is 7.79. The third-order valence-corrected chi connectivity index (χ3v) is 3.76. The maximum Gasteiger partial charge on any atom is 0.322 e. The van der Waals surface area contributed by atoms with Crippen molar-refractivity contribution in [2.45, 2.75) is 6.04 Å². The summed E-state index contributed by atoms with van der Waals surface area (Å²) in [7, 11) is 0. The van der Waals surface area contributed by atoms with Crippen LogP contribution in [0.3, 0.4) is 0 Å². The van der Waals surface area contributed by atoms with E-state index in [4.69, 9.17) is 4.74 Å². The quantitative estimate of drug-likeness (QED) is 0.824. The van der Waals surface area contributed by atoms with Gasteiger partial charge in [-0.05, 0) is 30.3 Å². The maximum absolute atomic E-state index is 13.2. The molecule has 6 nitrogen and oxygen atoms in total. The molecule has 1 aromatic heterocycles. The molecule has 142 valence electrons. The van der Waals surface area contributed by atoms with E-state index in [-0.39, 0.29) is 42.7 Å². The summed E-state index contributed by atoms with van der Waals surface area (Å²) in [5, 5.41) is 5.98. The van der Waals surface area contributed by atoms with Crippen LogP contribution < -0.4 is 15.4 Å². The second-order valence-electron chi connectivity index (χ2n) is 5.49. The van der Waals surface area contributed by atoms with Crippen molar-refractivity contribution in [3.8, 4) is 5.75 Å². The Hall–Kier alpha value is -2.09. The molecule has 0 aliphatic carbocycles. The van der Waals surface area contributed by atoms with E-state index in [2.05, 4.69) is 15.6 Å². The van der Waals surface area contributed by atoms with Crippen LogP contribution in [0.15, 0.2) is 48.8 Å².